The lowest BCUT2D eigenvalue weighted by Gasteiger charge is -2.31. The number of H-pyrrole nitrogens is 1. The van der Waals surface area contributed by atoms with Crippen LogP contribution in [-0.4, -0.2) is 181 Å². The zero-order chi connectivity index (χ0) is 62.6. The lowest BCUT2D eigenvalue weighted by atomic mass is 9.94. The molecule has 0 fully saturated rings. The number of carbonyl (C=O) groups excluding carboxylic acids is 10. The molecular weight excluding hydrogens is 1080 g/mol. The van der Waals surface area contributed by atoms with E-state index in [0.29, 0.717) is 18.5 Å². The molecule has 12 atom stereocenters. The van der Waals surface area contributed by atoms with Gasteiger partial charge in [-0.2, -0.15) is 0 Å². The highest BCUT2D eigenvalue weighted by Gasteiger charge is 2.39. The number of aromatic amines is 1. The van der Waals surface area contributed by atoms with E-state index in [1.54, 1.807) is 34.6 Å². The van der Waals surface area contributed by atoms with E-state index in [4.69, 9.17) is 17.2 Å². The van der Waals surface area contributed by atoms with Crippen LogP contribution in [0.2, 0.25) is 0 Å². The molecule has 1 aromatic heterocycles. The number of aromatic nitrogens is 2. The molecule has 1 rings (SSSR count). The second-order valence-corrected chi connectivity index (χ2v) is 20.9. The lowest BCUT2D eigenvalue weighted by Crippen LogP contribution is -2.62. The fourth-order valence-electron chi connectivity index (χ4n) is 8.03. The number of aliphatic hydroxyl groups is 1. The Kier molecular flexibility index (Phi) is 32.2. The van der Waals surface area contributed by atoms with Gasteiger partial charge in [0.2, 0.25) is 59.1 Å². The number of amides is 10. The second kappa shape index (κ2) is 36.5. The number of carboxylic acids is 3. The fourth-order valence-corrected chi connectivity index (χ4v) is 8.03. The summed E-state index contributed by atoms with van der Waals surface area (Å²) in [5.74, 6) is -17.1. The molecular formula is C51H86N14O17. The van der Waals surface area contributed by atoms with Gasteiger partial charge in [-0.1, -0.05) is 68.2 Å². The molecule has 0 unspecified atom stereocenters. The number of primary amides is 1. The predicted molar refractivity (Wildman–Crippen MR) is 291 cm³/mol. The third-order valence-corrected chi connectivity index (χ3v) is 13.2. The average molecular weight is 1170 g/mol. The van der Waals surface area contributed by atoms with Crippen molar-refractivity contribution in [2.45, 2.75) is 186 Å². The Bertz CT molecular complexity index is 2340. The van der Waals surface area contributed by atoms with Gasteiger partial charge in [-0.3, -0.25) is 57.5 Å². The van der Waals surface area contributed by atoms with Gasteiger partial charge in [0.15, 0.2) is 0 Å². The maximum absolute atomic E-state index is 14.2. The van der Waals surface area contributed by atoms with Crippen LogP contribution in [0.5, 0.6) is 0 Å². The molecule has 31 nitrogen and oxygen atoms in total. The molecule has 20 N–H and O–H groups in total. The highest BCUT2D eigenvalue weighted by Crippen LogP contribution is 2.15. The first-order chi connectivity index (χ1) is 38.4. The first-order valence-corrected chi connectivity index (χ1v) is 27.1. The van der Waals surface area contributed by atoms with Gasteiger partial charge in [-0.25, -0.2) is 9.78 Å². The molecule has 82 heavy (non-hydrogen) atoms. The van der Waals surface area contributed by atoms with Gasteiger partial charge < -0.3 is 90.5 Å². The highest BCUT2D eigenvalue weighted by molar-refractivity contribution is 6.00. The van der Waals surface area contributed by atoms with Gasteiger partial charge in [-0.15, -0.1) is 0 Å². The molecule has 31 heteroatoms. The first kappa shape index (κ1) is 72.2. The Hall–Kier alpha value is -7.80. The molecule has 0 aromatic carbocycles. The van der Waals surface area contributed by atoms with Crippen LogP contribution in [0.1, 0.15) is 125 Å². The summed E-state index contributed by atoms with van der Waals surface area (Å²) < 4.78 is 0. The van der Waals surface area contributed by atoms with Crippen LogP contribution in [0.3, 0.4) is 0 Å². The van der Waals surface area contributed by atoms with E-state index >= 15 is 0 Å². The molecule has 0 radical (unpaired) electrons. The average Bonchev–Trinajstić information content (AvgIpc) is 3.95. The summed E-state index contributed by atoms with van der Waals surface area (Å²) in [6.07, 6.45) is 0.445. The maximum Gasteiger partial charge on any atom is 0.326 e. The minimum Gasteiger partial charge on any atom is -0.481 e. The van der Waals surface area contributed by atoms with E-state index in [-0.39, 0.29) is 44.6 Å². The quantitative estimate of drug-likeness (QED) is 0.0277. The summed E-state index contributed by atoms with van der Waals surface area (Å²) in [5.41, 5.74) is 17.4. The predicted octanol–water partition coefficient (Wildman–Crippen LogP) is -4.14. The Morgan fingerprint density at radius 3 is 1.45 bits per heavy atom. The number of unbranched alkanes of at least 4 members (excludes halogenated alkanes) is 1. The van der Waals surface area contributed by atoms with Crippen molar-refractivity contribution >= 4 is 77.0 Å². The van der Waals surface area contributed by atoms with Gasteiger partial charge in [0.1, 0.15) is 54.4 Å². The number of carboxylic acid groups (broad SMARTS) is 3. The third kappa shape index (κ3) is 25.8. The number of imidazole rings is 1. The summed E-state index contributed by atoms with van der Waals surface area (Å²) in [5, 5.41) is 60.6. The van der Waals surface area contributed by atoms with Crippen LogP contribution in [0, 0.1) is 23.7 Å². The third-order valence-electron chi connectivity index (χ3n) is 13.2. The van der Waals surface area contributed by atoms with E-state index in [1.807, 2.05) is 13.8 Å². The highest BCUT2D eigenvalue weighted by atomic mass is 16.4. The number of nitrogens with zero attached hydrogens (tertiary/aromatic N) is 1. The van der Waals surface area contributed by atoms with E-state index < -0.39 is 187 Å². The minimum atomic E-state index is -2.05. The number of aliphatic hydroxyl groups excluding tert-OH is 1. The Balaban J connectivity index is 3.49. The van der Waals surface area contributed by atoms with Crippen molar-refractivity contribution in [1.82, 2.24) is 57.8 Å². The van der Waals surface area contributed by atoms with E-state index in [9.17, 15) is 82.8 Å². The van der Waals surface area contributed by atoms with E-state index in [2.05, 4.69) is 57.8 Å². The van der Waals surface area contributed by atoms with Gasteiger partial charge in [0.05, 0.1) is 31.8 Å². The van der Waals surface area contributed by atoms with Crippen molar-refractivity contribution in [3.8, 4) is 0 Å². The largest absolute Gasteiger partial charge is 0.481 e. The number of hydrogen-bond acceptors (Lipinski definition) is 17. The number of rotatable bonds is 40. The SMILES string of the molecule is CC[C@H](C)[C@H](NC(=O)[C@H](CC(=O)O)NC(=O)[C@H](CC(N)=O)NC(=O)[C@H](CCC(=O)O)NC(=O)[C@H](CO)NC(=O)[C@@H](NC(=O)[C@@H](N)CC(C)C)C(C)C)C(=O)N[C@H](C(=O)N[C@@H](CCCCN)C(=O)N[C@@H](Cc1cnc[nH]1)C(=O)O)[C@@H](C)CC. The van der Waals surface area contributed by atoms with Crippen molar-refractivity contribution in [2.75, 3.05) is 13.2 Å². The van der Waals surface area contributed by atoms with Crippen LogP contribution in [0.15, 0.2) is 12.5 Å². The minimum absolute atomic E-state index is 0.0188. The summed E-state index contributed by atoms with van der Waals surface area (Å²) in [4.78, 5) is 178. The van der Waals surface area contributed by atoms with Crippen molar-refractivity contribution in [1.29, 1.82) is 0 Å². The molecule has 462 valence electrons. The van der Waals surface area contributed by atoms with E-state index in [0.717, 1.165) is 0 Å². The number of carbonyl (C=O) groups is 13. The second-order valence-electron chi connectivity index (χ2n) is 20.9. The van der Waals surface area contributed by atoms with Crippen molar-refractivity contribution in [3.63, 3.8) is 0 Å². The normalized spacial score (nSPS) is 15.6. The zero-order valence-electron chi connectivity index (χ0n) is 47.7. The Morgan fingerprint density at radius 1 is 0.549 bits per heavy atom. The molecule has 10 amide bonds. The summed E-state index contributed by atoms with van der Waals surface area (Å²) in [7, 11) is 0. The molecule has 1 heterocycles. The number of nitrogens with one attached hydrogen (secondary N) is 10. The van der Waals surface area contributed by atoms with Crippen molar-refractivity contribution in [3.05, 3.63) is 18.2 Å². The molecule has 0 spiro atoms. The molecule has 1 aromatic rings. The van der Waals surface area contributed by atoms with Crippen LogP contribution in [0.25, 0.3) is 0 Å². The first-order valence-electron chi connectivity index (χ1n) is 27.1. The molecule has 0 saturated heterocycles. The monoisotopic (exact) mass is 1170 g/mol. The van der Waals surface area contributed by atoms with Crippen LogP contribution < -0.4 is 65.1 Å². The number of aliphatic carboxylic acids is 3. The molecule has 0 aliphatic rings. The molecule has 0 aliphatic heterocycles. The number of nitrogens with two attached hydrogens (primary N) is 3. The Labute approximate surface area is 475 Å². The van der Waals surface area contributed by atoms with Crippen molar-refractivity contribution < 1.29 is 82.8 Å². The number of hydrogen-bond donors (Lipinski definition) is 17. The van der Waals surface area contributed by atoms with Gasteiger partial charge >= 0.3 is 17.9 Å². The van der Waals surface area contributed by atoms with Gasteiger partial charge in [-0.05, 0) is 62.3 Å². The van der Waals surface area contributed by atoms with E-state index in [1.165, 1.54) is 19.4 Å². The summed E-state index contributed by atoms with van der Waals surface area (Å²) in [6, 6.07) is -15.7. The summed E-state index contributed by atoms with van der Waals surface area (Å²) >= 11 is 0. The van der Waals surface area contributed by atoms with Gasteiger partial charge in [0.25, 0.3) is 0 Å². The topological polar surface area (TPSA) is 518 Å². The van der Waals surface area contributed by atoms with Gasteiger partial charge in [0, 0.05) is 24.7 Å². The summed E-state index contributed by atoms with van der Waals surface area (Å²) in [6.45, 7) is 12.5. The lowest BCUT2D eigenvalue weighted by molar-refractivity contribution is -0.143. The Morgan fingerprint density at radius 2 is 0.988 bits per heavy atom. The molecule has 0 saturated carbocycles. The molecule has 0 bridgehead atoms. The zero-order valence-corrected chi connectivity index (χ0v) is 47.7. The van der Waals surface area contributed by atoms with Crippen molar-refractivity contribution in [2.24, 2.45) is 40.9 Å². The standard InChI is InChI=1S/C51H86N14O17/c1-9-26(7)40(49(79)58-30(13-11-12-16-52)43(73)61-34(51(81)82)18-28-21-55-23-56-28)65-50(80)41(27(8)10-2)64-46(76)33(20-38(70)71)60-45(75)32(19-36(54)67)59-44(74)31(14-15-37(68)69)57-47(77)35(22-66)62-48(78)39(25(5)6)63-42(72)29(53)17-24(3)4/h21,23-27,29-35,39-41,66H,9-20,22,52-53H2,1-8H3,(H2,54,67)(H,55,56)(H,57,77)(H,58,79)(H,59,74)(H,60,75)(H,61,73)(H,62,78)(H,63,72)(H,64,76)(H,65,80)(H,68,69)(H,70,71)(H,81,82)/t26-,27-,29-,30-,31-,32-,33-,34-,35-,39-,40-,41-/m0/s1. The molecule has 0 aliphatic carbocycles. The van der Waals surface area contributed by atoms with Crippen LogP contribution in [0.4, 0.5) is 0 Å². The maximum atomic E-state index is 14.2. The fraction of sp³-hybridized carbons (Fsp3) is 0.686. The smallest absolute Gasteiger partial charge is 0.326 e. The van der Waals surface area contributed by atoms with Crippen LogP contribution in [-0.2, 0) is 68.7 Å². The van der Waals surface area contributed by atoms with Crippen LogP contribution >= 0.6 is 0 Å².